The summed E-state index contributed by atoms with van der Waals surface area (Å²) in [5.41, 5.74) is 4.06. The van der Waals surface area contributed by atoms with Gasteiger partial charge in [-0.05, 0) is 25.1 Å². The second-order valence-electron chi connectivity index (χ2n) is 5.43. The highest BCUT2D eigenvalue weighted by Crippen LogP contribution is 2.36. The van der Waals surface area contributed by atoms with E-state index < -0.39 is 0 Å². The summed E-state index contributed by atoms with van der Waals surface area (Å²) in [6.45, 7) is 1.85. The molecule has 1 heterocycles. The zero-order chi connectivity index (χ0) is 17.1. The third kappa shape index (κ3) is 2.86. The van der Waals surface area contributed by atoms with Gasteiger partial charge < -0.3 is 19.1 Å². The van der Waals surface area contributed by atoms with Gasteiger partial charge >= 0.3 is 0 Å². The van der Waals surface area contributed by atoms with Gasteiger partial charge in [-0.1, -0.05) is 35.0 Å². The first-order valence-corrected chi connectivity index (χ1v) is 7.56. The number of nitrogens with zero attached hydrogens (tertiary/aromatic N) is 1. The van der Waals surface area contributed by atoms with Crippen LogP contribution in [0.5, 0.6) is 11.5 Å². The summed E-state index contributed by atoms with van der Waals surface area (Å²) >= 11 is 0. The summed E-state index contributed by atoms with van der Waals surface area (Å²) in [4.78, 5) is 0. The van der Waals surface area contributed by atoms with Crippen LogP contribution in [-0.2, 0) is 6.61 Å². The summed E-state index contributed by atoms with van der Waals surface area (Å²) in [6.07, 6.45) is 0. The van der Waals surface area contributed by atoms with E-state index in [0.717, 1.165) is 16.7 Å². The molecular weight excluding hydrogens is 306 g/mol. The Hall–Kier alpha value is -2.79. The minimum atomic E-state index is -0.170. The minimum absolute atomic E-state index is 0.170. The van der Waals surface area contributed by atoms with Gasteiger partial charge in [0.2, 0.25) is 0 Å². The molecule has 0 radical (unpaired) electrons. The maximum Gasteiger partial charge on any atom is 0.173 e. The van der Waals surface area contributed by atoms with Crippen molar-refractivity contribution >= 4 is 0 Å². The van der Waals surface area contributed by atoms with Gasteiger partial charge in [0.15, 0.2) is 17.3 Å². The van der Waals surface area contributed by atoms with E-state index >= 15 is 0 Å². The Balaban J connectivity index is 2.08. The van der Waals surface area contributed by atoms with E-state index in [9.17, 15) is 5.11 Å². The molecule has 2 aromatic carbocycles. The van der Waals surface area contributed by atoms with Crippen molar-refractivity contribution in [2.45, 2.75) is 13.5 Å². The van der Waals surface area contributed by atoms with Crippen LogP contribution in [0.1, 0.15) is 11.1 Å². The van der Waals surface area contributed by atoms with E-state index in [4.69, 9.17) is 14.0 Å². The number of rotatable bonds is 5. The van der Waals surface area contributed by atoms with Crippen LogP contribution in [0, 0.1) is 6.92 Å². The van der Waals surface area contributed by atoms with Crippen molar-refractivity contribution in [3.63, 3.8) is 0 Å². The van der Waals surface area contributed by atoms with Crippen molar-refractivity contribution in [2.75, 3.05) is 14.2 Å². The zero-order valence-electron chi connectivity index (χ0n) is 13.9. The van der Waals surface area contributed by atoms with Crippen LogP contribution >= 0.6 is 0 Å². The fourth-order valence-electron chi connectivity index (χ4n) is 2.60. The molecule has 0 aliphatic rings. The van der Waals surface area contributed by atoms with Crippen molar-refractivity contribution in [3.05, 3.63) is 53.6 Å². The molecule has 0 saturated heterocycles. The number of hydrogen-bond donors (Lipinski definition) is 1. The number of methoxy groups -OCH3 is 2. The standard InChI is InChI=1S/C19H19NO4/c1-12-4-6-13(7-5-12)19-15(11-21)18(20-24-19)14-8-9-16(22-2)17(10-14)23-3/h4-10,21H,11H2,1-3H3. The van der Waals surface area contributed by atoms with Gasteiger partial charge in [-0.25, -0.2) is 0 Å². The number of aromatic nitrogens is 1. The third-order valence-electron chi connectivity index (χ3n) is 3.92. The Morgan fingerprint density at radius 2 is 1.62 bits per heavy atom. The highest BCUT2D eigenvalue weighted by molar-refractivity contribution is 5.74. The quantitative estimate of drug-likeness (QED) is 0.772. The Kier molecular flexibility index (Phi) is 4.53. The molecule has 5 heteroatoms. The van der Waals surface area contributed by atoms with Gasteiger partial charge in [-0.15, -0.1) is 0 Å². The van der Waals surface area contributed by atoms with E-state index in [-0.39, 0.29) is 6.61 Å². The van der Waals surface area contributed by atoms with Gasteiger partial charge in [0.1, 0.15) is 5.69 Å². The molecule has 24 heavy (non-hydrogen) atoms. The average molecular weight is 325 g/mol. The predicted octanol–water partition coefficient (Wildman–Crippen LogP) is 3.83. The molecule has 1 aromatic heterocycles. The second kappa shape index (κ2) is 6.76. The van der Waals surface area contributed by atoms with Gasteiger partial charge in [-0.2, -0.15) is 0 Å². The molecule has 0 fully saturated rings. The highest BCUT2D eigenvalue weighted by Gasteiger charge is 2.19. The monoisotopic (exact) mass is 325 g/mol. The topological polar surface area (TPSA) is 64.7 Å². The lowest BCUT2D eigenvalue weighted by Gasteiger charge is -2.09. The van der Waals surface area contributed by atoms with Crippen LogP contribution in [-0.4, -0.2) is 24.5 Å². The van der Waals surface area contributed by atoms with E-state index in [1.54, 1.807) is 20.3 Å². The first-order chi connectivity index (χ1) is 11.7. The molecule has 3 aromatic rings. The lowest BCUT2D eigenvalue weighted by atomic mass is 10.0. The van der Waals surface area contributed by atoms with Crippen LogP contribution < -0.4 is 9.47 Å². The van der Waals surface area contributed by atoms with Crippen molar-refractivity contribution in [3.8, 4) is 34.1 Å². The Labute approximate surface area is 140 Å². The lowest BCUT2D eigenvalue weighted by molar-refractivity contribution is 0.281. The summed E-state index contributed by atoms with van der Waals surface area (Å²) in [7, 11) is 3.16. The van der Waals surface area contributed by atoms with E-state index in [1.807, 2.05) is 43.3 Å². The largest absolute Gasteiger partial charge is 0.493 e. The molecule has 0 atom stereocenters. The van der Waals surface area contributed by atoms with Crippen molar-refractivity contribution in [2.24, 2.45) is 0 Å². The van der Waals surface area contributed by atoms with Gasteiger partial charge in [-0.3, -0.25) is 0 Å². The molecule has 1 N–H and O–H groups in total. The van der Waals surface area contributed by atoms with Crippen molar-refractivity contribution in [1.82, 2.24) is 5.16 Å². The smallest absolute Gasteiger partial charge is 0.173 e. The average Bonchev–Trinajstić information content (AvgIpc) is 3.05. The molecule has 3 rings (SSSR count). The third-order valence-corrected chi connectivity index (χ3v) is 3.92. The Morgan fingerprint density at radius 1 is 0.958 bits per heavy atom. The van der Waals surface area contributed by atoms with Crippen molar-refractivity contribution < 1.29 is 19.1 Å². The summed E-state index contributed by atoms with van der Waals surface area (Å²) < 4.78 is 16.1. The second-order valence-corrected chi connectivity index (χ2v) is 5.43. The number of aliphatic hydroxyl groups is 1. The zero-order valence-corrected chi connectivity index (χ0v) is 13.9. The van der Waals surface area contributed by atoms with E-state index in [2.05, 4.69) is 5.16 Å². The number of hydrogen-bond acceptors (Lipinski definition) is 5. The van der Waals surface area contributed by atoms with E-state index in [0.29, 0.717) is 28.5 Å². The predicted molar refractivity (Wildman–Crippen MR) is 91.1 cm³/mol. The maximum absolute atomic E-state index is 9.84. The first kappa shape index (κ1) is 16.1. The number of aliphatic hydroxyl groups excluding tert-OH is 1. The molecule has 124 valence electrons. The fraction of sp³-hybridized carbons (Fsp3) is 0.211. The molecular formula is C19H19NO4. The van der Waals surface area contributed by atoms with Gasteiger partial charge in [0.25, 0.3) is 0 Å². The van der Waals surface area contributed by atoms with Crippen LogP contribution in [0.25, 0.3) is 22.6 Å². The van der Waals surface area contributed by atoms with Gasteiger partial charge in [0, 0.05) is 11.1 Å². The van der Waals surface area contributed by atoms with Crippen molar-refractivity contribution in [1.29, 1.82) is 0 Å². The molecule has 0 amide bonds. The molecule has 0 saturated carbocycles. The van der Waals surface area contributed by atoms with E-state index in [1.165, 1.54) is 0 Å². The minimum Gasteiger partial charge on any atom is -0.493 e. The lowest BCUT2D eigenvalue weighted by Crippen LogP contribution is -1.93. The molecule has 0 spiro atoms. The molecule has 0 aliphatic carbocycles. The summed E-state index contributed by atoms with van der Waals surface area (Å²) in [5.74, 6) is 1.80. The molecule has 5 nitrogen and oxygen atoms in total. The maximum atomic E-state index is 9.84. The summed E-state index contributed by atoms with van der Waals surface area (Å²) in [6, 6.07) is 13.4. The normalized spacial score (nSPS) is 10.7. The number of ether oxygens (including phenoxy) is 2. The van der Waals surface area contributed by atoms with Crippen LogP contribution in [0.3, 0.4) is 0 Å². The van der Waals surface area contributed by atoms with Crippen LogP contribution in [0.15, 0.2) is 47.0 Å². The van der Waals surface area contributed by atoms with Gasteiger partial charge in [0.05, 0.1) is 26.4 Å². The SMILES string of the molecule is COc1ccc(-c2noc(-c3ccc(C)cc3)c2CO)cc1OC. The fourth-order valence-corrected chi connectivity index (χ4v) is 2.60. The van der Waals surface area contributed by atoms with Crippen LogP contribution in [0.4, 0.5) is 0 Å². The first-order valence-electron chi connectivity index (χ1n) is 7.56. The molecule has 0 aliphatic heterocycles. The molecule has 0 bridgehead atoms. The number of benzene rings is 2. The molecule has 0 unspecified atom stereocenters. The Bertz CT molecular complexity index is 837. The highest BCUT2D eigenvalue weighted by atomic mass is 16.5. The van der Waals surface area contributed by atoms with Crippen LogP contribution in [0.2, 0.25) is 0 Å². The summed E-state index contributed by atoms with van der Waals surface area (Å²) in [5, 5.41) is 14.0. The Morgan fingerprint density at radius 3 is 2.25 bits per heavy atom. The number of aryl methyl sites for hydroxylation is 1.